The second-order valence-electron chi connectivity index (χ2n) is 4.15. The van der Waals surface area contributed by atoms with Gasteiger partial charge in [0.2, 0.25) is 0 Å². The number of phenolic OH excluding ortho intramolecular Hbond substituents is 1. The van der Waals surface area contributed by atoms with E-state index in [2.05, 4.69) is 6.92 Å². The van der Waals surface area contributed by atoms with Crippen LogP contribution in [0.5, 0.6) is 5.75 Å². The molecule has 0 radical (unpaired) electrons. The molecule has 0 spiro atoms. The number of nitrogens with two attached hydrogens (primary N) is 1. The van der Waals surface area contributed by atoms with Gasteiger partial charge in [-0.3, -0.25) is 0 Å². The van der Waals surface area contributed by atoms with Crippen LogP contribution < -0.4 is 5.73 Å². The van der Waals surface area contributed by atoms with Gasteiger partial charge in [0, 0.05) is 17.5 Å². The molecule has 14 heavy (non-hydrogen) atoms. The lowest BCUT2D eigenvalue weighted by Crippen LogP contribution is -2.20. The summed E-state index contributed by atoms with van der Waals surface area (Å²) in [5.74, 6) is 0.470. The van der Waals surface area contributed by atoms with E-state index in [1.807, 2.05) is 18.2 Å². The highest BCUT2D eigenvalue weighted by Crippen LogP contribution is 2.50. The molecule has 2 rings (SSSR count). The summed E-state index contributed by atoms with van der Waals surface area (Å²) in [6, 6.07) is 6.00. The molecule has 0 bridgehead atoms. The van der Waals surface area contributed by atoms with Gasteiger partial charge >= 0.3 is 0 Å². The molecular formula is C12H17NO. The summed E-state index contributed by atoms with van der Waals surface area (Å²) in [4.78, 5) is 0. The van der Waals surface area contributed by atoms with Gasteiger partial charge in [0.1, 0.15) is 5.75 Å². The smallest absolute Gasteiger partial charge is 0.122 e. The molecule has 0 saturated heterocycles. The second kappa shape index (κ2) is 3.28. The number of phenols is 1. The molecule has 0 atom stereocenters. The van der Waals surface area contributed by atoms with Crippen LogP contribution in [0.3, 0.4) is 0 Å². The van der Waals surface area contributed by atoms with Crippen molar-refractivity contribution in [1.82, 2.24) is 0 Å². The minimum absolute atomic E-state index is 0.0925. The third kappa shape index (κ3) is 1.30. The summed E-state index contributed by atoms with van der Waals surface area (Å²) >= 11 is 0. The van der Waals surface area contributed by atoms with Gasteiger partial charge in [0.05, 0.1) is 0 Å². The zero-order chi connectivity index (χ0) is 10.2. The van der Waals surface area contributed by atoms with Gasteiger partial charge in [-0.1, -0.05) is 25.1 Å². The average Bonchev–Trinajstić information content (AvgIpc) is 2.99. The summed E-state index contributed by atoms with van der Waals surface area (Å²) in [5, 5.41) is 10.0. The van der Waals surface area contributed by atoms with Crippen LogP contribution in [0.1, 0.15) is 30.9 Å². The zero-order valence-electron chi connectivity index (χ0n) is 8.59. The van der Waals surface area contributed by atoms with E-state index < -0.39 is 0 Å². The molecule has 0 heterocycles. The summed E-state index contributed by atoms with van der Waals surface area (Å²) in [6.07, 6.45) is 3.11. The molecule has 1 fully saturated rings. The Labute approximate surface area is 84.7 Å². The Morgan fingerprint density at radius 2 is 2.14 bits per heavy atom. The minimum Gasteiger partial charge on any atom is -0.507 e. The maximum absolute atomic E-state index is 10.0. The van der Waals surface area contributed by atoms with Crippen LogP contribution in [-0.2, 0) is 11.8 Å². The number of aryl methyl sites for hydroxylation is 1. The predicted molar refractivity (Wildman–Crippen MR) is 57.5 cm³/mol. The number of rotatable bonds is 3. The molecule has 1 aromatic carbocycles. The minimum atomic E-state index is 0.0925. The van der Waals surface area contributed by atoms with Gasteiger partial charge < -0.3 is 10.8 Å². The third-order valence-corrected chi connectivity index (χ3v) is 3.32. The van der Waals surface area contributed by atoms with Crippen LogP contribution in [0.2, 0.25) is 0 Å². The lowest BCUT2D eigenvalue weighted by atomic mass is 9.92. The lowest BCUT2D eigenvalue weighted by Gasteiger charge is -2.16. The highest BCUT2D eigenvalue weighted by molar-refractivity contribution is 5.47. The molecular weight excluding hydrogens is 174 g/mol. The Kier molecular flexibility index (Phi) is 2.23. The van der Waals surface area contributed by atoms with Crippen molar-refractivity contribution in [2.24, 2.45) is 5.73 Å². The fraction of sp³-hybridized carbons (Fsp3) is 0.500. The topological polar surface area (TPSA) is 46.2 Å². The maximum atomic E-state index is 10.0. The Hall–Kier alpha value is -1.02. The molecule has 0 amide bonds. The second-order valence-corrected chi connectivity index (χ2v) is 4.15. The fourth-order valence-electron chi connectivity index (χ4n) is 2.04. The Bertz CT molecular complexity index is 342. The van der Waals surface area contributed by atoms with E-state index in [0.29, 0.717) is 12.3 Å². The first-order chi connectivity index (χ1) is 6.73. The number of hydrogen-bond donors (Lipinski definition) is 2. The third-order valence-electron chi connectivity index (χ3n) is 3.32. The van der Waals surface area contributed by atoms with E-state index >= 15 is 0 Å². The first-order valence-corrected chi connectivity index (χ1v) is 5.25. The molecule has 1 aromatic rings. The molecule has 0 unspecified atom stereocenters. The van der Waals surface area contributed by atoms with Crippen molar-refractivity contribution >= 4 is 0 Å². The van der Waals surface area contributed by atoms with Gasteiger partial charge in [0.25, 0.3) is 0 Å². The Morgan fingerprint density at radius 3 is 2.64 bits per heavy atom. The van der Waals surface area contributed by atoms with Crippen molar-refractivity contribution in [1.29, 1.82) is 0 Å². The van der Waals surface area contributed by atoms with Crippen molar-refractivity contribution in [2.45, 2.75) is 31.6 Å². The lowest BCUT2D eigenvalue weighted by molar-refractivity contribution is 0.452. The van der Waals surface area contributed by atoms with E-state index in [0.717, 1.165) is 30.4 Å². The van der Waals surface area contributed by atoms with Gasteiger partial charge in [-0.15, -0.1) is 0 Å². The maximum Gasteiger partial charge on any atom is 0.122 e. The van der Waals surface area contributed by atoms with Crippen LogP contribution in [0, 0.1) is 0 Å². The predicted octanol–water partition coefficient (Wildman–Crippen LogP) is 1.94. The molecule has 1 saturated carbocycles. The van der Waals surface area contributed by atoms with Crippen molar-refractivity contribution < 1.29 is 5.11 Å². The van der Waals surface area contributed by atoms with E-state index in [1.54, 1.807) is 0 Å². The van der Waals surface area contributed by atoms with Crippen molar-refractivity contribution in [3.8, 4) is 5.75 Å². The van der Waals surface area contributed by atoms with Crippen LogP contribution in [0.4, 0.5) is 0 Å². The van der Waals surface area contributed by atoms with E-state index in [-0.39, 0.29) is 5.41 Å². The van der Waals surface area contributed by atoms with Crippen molar-refractivity contribution in [2.75, 3.05) is 6.54 Å². The van der Waals surface area contributed by atoms with E-state index in [4.69, 9.17) is 5.73 Å². The first kappa shape index (κ1) is 9.53. The Balaban J connectivity index is 2.43. The average molecular weight is 191 g/mol. The molecule has 1 aliphatic carbocycles. The van der Waals surface area contributed by atoms with Crippen LogP contribution in [0.15, 0.2) is 18.2 Å². The van der Waals surface area contributed by atoms with Gasteiger partial charge in [-0.25, -0.2) is 0 Å². The normalized spacial score (nSPS) is 18.1. The SMILES string of the molecule is CCc1cccc(C2(CN)CC2)c1O. The molecule has 0 aromatic heterocycles. The Morgan fingerprint density at radius 1 is 1.43 bits per heavy atom. The largest absolute Gasteiger partial charge is 0.507 e. The molecule has 0 aliphatic heterocycles. The quantitative estimate of drug-likeness (QED) is 0.767. The summed E-state index contributed by atoms with van der Waals surface area (Å²) < 4.78 is 0. The van der Waals surface area contributed by atoms with Crippen LogP contribution in [-0.4, -0.2) is 11.7 Å². The molecule has 76 valence electrons. The number of aromatic hydroxyl groups is 1. The summed E-state index contributed by atoms with van der Waals surface area (Å²) in [7, 11) is 0. The highest BCUT2D eigenvalue weighted by Gasteiger charge is 2.44. The van der Waals surface area contributed by atoms with Gasteiger partial charge in [0.15, 0.2) is 0 Å². The molecule has 2 heteroatoms. The summed E-state index contributed by atoms with van der Waals surface area (Å²) in [5.41, 5.74) is 7.93. The van der Waals surface area contributed by atoms with E-state index in [1.165, 1.54) is 0 Å². The van der Waals surface area contributed by atoms with Crippen molar-refractivity contribution in [3.05, 3.63) is 29.3 Å². The monoisotopic (exact) mass is 191 g/mol. The van der Waals surface area contributed by atoms with Crippen molar-refractivity contribution in [3.63, 3.8) is 0 Å². The molecule has 2 nitrogen and oxygen atoms in total. The van der Waals surface area contributed by atoms with E-state index in [9.17, 15) is 5.11 Å². The highest BCUT2D eigenvalue weighted by atomic mass is 16.3. The number of hydrogen-bond acceptors (Lipinski definition) is 2. The van der Waals surface area contributed by atoms with Crippen LogP contribution >= 0.6 is 0 Å². The van der Waals surface area contributed by atoms with Crippen LogP contribution in [0.25, 0.3) is 0 Å². The van der Waals surface area contributed by atoms with Gasteiger partial charge in [-0.05, 0) is 24.8 Å². The van der Waals surface area contributed by atoms with Gasteiger partial charge in [-0.2, -0.15) is 0 Å². The standard InChI is InChI=1S/C12H17NO/c1-2-9-4-3-5-10(11(9)14)12(8-13)6-7-12/h3-5,14H,2,6-8,13H2,1H3. The number of para-hydroxylation sites is 1. The summed E-state index contributed by atoms with van der Waals surface area (Å²) in [6.45, 7) is 2.70. The zero-order valence-corrected chi connectivity index (χ0v) is 8.59. The first-order valence-electron chi connectivity index (χ1n) is 5.25. The molecule has 1 aliphatic rings. The number of benzene rings is 1. The fourth-order valence-corrected chi connectivity index (χ4v) is 2.04. The molecule has 3 N–H and O–H groups in total.